The minimum absolute atomic E-state index is 0.525. The summed E-state index contributed by atoms with van der Waals surface area (Å²) in [6.45, 7) is 0. The van der Waals surface area contributed by atoms with Gasteiger partial charge in [0.25, 0.3) is 0 Å². The van der Waals surface area contributed by atoms with Crippen molar-refractivity contribution in [1.29, 1.82) is 0 Å². The number of rotatable bonds is 9. The van der Waals surface area contributed by atoms with E-state index in [1.54, 1.807) is 28.4 Å². The van der Waals surface area contributed by atoms with Crippen LogP contribution in [-0.4, -0.2) is 70.4 Å². The zero-order valence-corrected chi connectivity index (χ0v) is 20.6. The van der Waals surface area contributed by atoms with E-state index in [2.05, 4.69) is 0 Å². The van der Waals surface area contributed by atoms with Gasteiger partial charge in [-0.3, -0.25) is 0 Å². The molecule has 35 heavy (non-hydrogen) atoms. The molecule has 1 saturated heterocycles. The first kappa shape index (κ1) is 25.5. The molecule has 1 heterocycles. The SMILES string of the molecule is CO[C@H]1O[C@H](C(O)C(c2ccccc2)(c2ccccc2)c2ccccc2)[C@@H](OC)[C@H](OC)[C@@H]1OC. The van der Waals surface area contributed by atoms with Crippen molar-refractivity contribution in [2.45, 2.75) is 42.2 Å². The fourth-order valence-corrected chi connectivity index (χ4v) is 5.43. The van der Waals surface area contributed by atoms with E-state index in [0.29, 0.717) is 0 Å². The predicted octanol–water partition coefficient (Wildman–Crippen LogP) is 3.80. The lowest BCUT2D eigenvalue weighted by Crippen LogP contribution is -2.65. The van der Waals surface area contributed by atoms with Gasteiger partial charge in [0.15, 0.2) is 6.29 Å². The molecule has 1 fully saturated rings. The Balaban J connectivity index is 1.96. The lowest BCUT2D eigenvalue weighted by atomic mass is 9.63. The summed E-state index contributed by atoms with van der Waals surface area (Å²) in [5.41, 5.74) is 1.82. The topological polar surface area (TPSA) is 66.4 Å². The third-order valence-corrected chi connectivity index (χ3v) is 7.02. The lowest BCUT2D eigenvalue weighted by molar-refractivity contribution is -0.317. The fraction of sp³-hybridized carbons (Fsp3) is 0.379. The fourth-order valence-electron chi connectivity index (χ4n) is 5.43. The number of benzene rings is 3. The molecule has 0 radical (unpaired) electrons. The van der Waals surface area contributed by atoms with Gasteiger partial charge in [0.1, 0.15) is 30.5 Å². The van der Waals surface area contributed by atoms with Gasteiger partial charge in [-0.25, -0.2) is 0 Å². The molecule has 1 unspecified atom stereocenters. The minimum atomic E-state index is -1.08. The first-order chi connectivity index (χ1) is 17.1. The summed E-state index contributed by atoms with van der Waals surface area (Å²) in [7, 11) is 6.33. The van der Waals surface area contributed by atoms with Crippen LogP contribution in [0.1, 0.15) is 16.7 Å². The summed E-state index contributed by atoms with van der Waals surface area (Å²) in [6, 6.07) is 30.0. The summed E-state index contributed by atoms with van der Waals surface area (Å²) in [5, 5.41) is 12.5. The Bertz CT molecular complexity index is 932. The summed E-state index contributed by atoms with van der Waals surface area (Å²) >= 11 is 0. The van der Waals surface area contributed by atoms with E-state index in [0.717, 1.165) is 16.7 Å². The minimum Gasteiger partial charge on any atom is -0.389 e. The van der Waals surface area contributed by atoms with Crippen LogP contribution in [0.25, 0.3) is 0 Å². The van der Waals surface area contributed by atoms with Crippen molar-refractivity contribution in [3.63, 3.8) is 0 Å². The zero-order valence-electron chi connectivity index (χ0n) is 20.6. The summed E-state index contributed by atoms with van der Waals surface area (Å²) < 4.78 is 29.4. The van der Waals surface area contributed by atoms with E-state index < -0.39 is 42.2 Å². The maximum atomic E-state index is 12.5. The van der Waals surface area contributed by atoms with Gasteiger partial charge in [-0.1, -0.05) is 91.0 Å². The Labute approximate surface area is 207 Å². The molecule has 0 saturated carbocycles. The first-order valence-corrected chi connectivity index (χ1v) is 11.7. The van der Waals surface area contributed by atoms with E-state index >= 15 is 0 Å². The highest BCUT2D eigenvalue weighted by Crippen LogP contribution is 2.46. The van der Waals surface area contributed by atoms with E-state index in [-0.39, 0.29) is 0 Å². The van der Waals surface area contributed by atoms with Crippen molar-refractivity contribution in [2.24, 2.45) is 0 Å². The van der Waals surface area contributed by atoms with Crippen molar-refractivity contribution in [3.05, 3.63) is 108 Å². The van der Waals surface area contributed by atoms with Gasteiger partial charge in [0, 0.05) is 28.4 Å². The monoisotopic (exact) mass is 478 g/mol. The molecule has 1 aliphatic heterocycles. The van der Waals surface area contributed by atoms with Gasteiger partial charge in [0.05, 0.1) is 5.41 Å². The molecular weight excluding hydrogens is 444 g/mol. The molecule has 4 rings (SSSR count). The van der Waals surface area contributed by atoms with Gasteiger partial charge < -0.3 is 28.8 Å². The van der Waals surface area contributed by atoms with E-state index in [9.17, 15) is 5.11 Å². The molecule has 6 nitrogen and oxygen atoms in total. The standard InChI is InChI=1S/C29H34O6/c1-31-23-24(32-2)26(33-3)28(34-4)35-25(23)27(30)29(20-14-8-5-9-15-20,21-16-10-6-11-17-21)22-18-12-7-13-19-22/h5-19,23-28,30H,1-4H3/t23-,24-,25-,26-,27?,28-/m0/s1. The van der Waals surface area contributed by atoms with Crippen LogP contribution in [0.4, 0.5) is 0 Å². The molecule has 0 spiro atoms. The van der Waals surface area contributed by atoms with E-state index in [4.69, 9.17) is 23.7 Å². The van der Waals surface area contributed by atoms with Crippen LogP contribution in [0.2, 0.25) is 0 Å². The van der Waals surface area contributed by atoms with E-state index in [1.165, 1.54) is 0 Å². The van der Waals surface area contributed by atoms with Gasteiger partial charge in [-0.15, -0.1) is 0 Å². The van der Waals surface area contributed by atoms with Crippen molar-refractivity contribution < 1.29 is 28.8 Å². The largest absolute Gasteiger partial charge is 0.389 e. The number of aliphatic hydroxyl groups is 1. The number of aliphatic hydroxyl groups excluding tert-OH is 1. The van der Waals surface area contributed by atoms with Crippen molar-refractivity contribution in [3.8, 4) is 0 Å². The average molecular weight is 479 g/mol. The molecular formula is C29H34O6. The molecule has 6 atom stereocenters. The molecule has 3 aromatic rings. The average Bonchev–Trinajstić information content (AvgIpc) is 2.93. The summed E-state index contributed by atoms with van der Waals surface area (Å²) in [4.78, 5) is 0. The molecule has 0 aliphatic carbocycles. The summed E-state index contributed by atoms with van der Waals surface area (Å²) in [5.74, 6) is 0. The molecule has 6 heteroatoms. The van der Waals surface area contributed by atoms with Gasteiger partial charge in [-0.2, -0.15) is 0 Å². The third-order valence-electron chi connectivity index (χ3n) is 7.02. The number of methoxy groups -OCH3 is 4. The molecule has 0 aromatic heterocycles. The van der Waals surface area contributed by atoms with Crippen LogP contribution in [0.3, 0.4) is 0 Å². The molecule has 1 N–H and O–H groups in total. The Kier molecular flexibility index (Phi) is 8.34. The van der Waals surface area contributed by atoms with Crippen LogP contribution >= 0.6 is 0 Å². The highest BCUT2D eigenvalue weighted by atomic mass is 16.7. The Hall–Kier alpha value is -2.58. The Morgan fingerprint density at radius 2 is 1.00 bits per heavy atom. The molecule has 1 aliphatic rings. The van der Waals surface area contributed by atoms with Gasteiger partial charge >= 0.3 is 0 Å². The van der Waals surface area contributed by atoms with Gasteiger partial charge in [-0.05, 0) is 16.7 Å². The second kappa shape index (κ2) is 11.4. The smallest absolute Gasteiger partial charge is 0.186 e. The third kappa shape index (κ3) is 4.54. The Morgan fingerprint density at radius 1 is 0.600 bits per heavy atom. The van der Waals surface area contributed by atoms with Crippen LogP contribution < -0.4 is 0 Å². The van der Waals surface area contributed by atoms with Gasteiger partial charge in [0.2, 0.25) is 0 Å². The first-order valence-electron chi connectivity index (χ1n) is 11.7. The van der Waals surface area contributed by atoms with Crippen LogP contribution in [0.15, 0.2) is 91.0 Å². The Morgan fingerprint density at radius 3 is 1.34 bits per heavy atom. The second-order valence-electron chi connectivity index (χ2n) is 8.66. The number of hydrogen-bond acceptors (Lipinski definition) is 6. The molecule has 0 amide bonds. The number of hydrogen-bond donors (Lipinski definition) is 1. The highest BCUT2D eigenvalue weighted by Gasteiger charge is 2.56. The molecule has 0 bridgehead atoms. The maximum absolute atomic E-state index is 12.5. The van der Waals surface area contributed by atoms with Crippen molar-refractivity contribution in [1.82, 2.24) is 0 Å². The lowest BCUT2D eigenvalue weighted by Gasteiger charge is -2.50. The quantitative estimate of drug-likeness (QED) is 0.472. The molecule has 186 valence electrons. The van der Waals surface area contributed by atoms with Crippen LogP contribution in [-0.2, 0) is 29.1 Å². The van der Waals surface area contributed by atoms with Crippen LogP contribution in [0, 0.1) is 0 Å². The van der Waals surface area contributed by atoms with Crippen molar-refractivity contribution in [2.75, 3.05) is 28.4 Å². The van der Waals surface area contributed by atoms with E-state index in [1.807, 2.05) is 91.0 Å². The second-order valence-corrected chi connectivity index (χ2v) is 8.66. The molecule has 3 aromatic carbocycles. The summed E-state index contributed by atoms with van der Waals surface area (Å²) in [6.07, 6.45) is -4.31. The predicted molar refractivity (Wildman–Crippen MR) is 133 cm³/mol. The number of ether oxygens (including phenoxy) is 5. The zero-order chi connectivity index (χ0) is 24.8. The highest BCUT2D eigenvalue weighted by molar-refractivity contribution is 5.52. The van der Waals surface area contributed by atoms with Crippen molar-refractivity contribution >= 4 is 0 Å². The normalized spacial score (nSPS) is 25.8. The van der Waals surface area contributed by atoms with Crippen LogP contribution in [0.5, 0.6) is 0 Å². The maximum Gasteiger partial charge on any atom is 0.186 e.